The molecule has 0 N–H and O–H groups in total. The summed E-state index contributed by atoms with van der Waals surface area (Å²) < 4.78 is 27.3. The van der Waals surface area contributed by atoms with Crippen LogP contribution in [0.1, 0.15) is 6.92 Å². The van der Waals surface area contributed by atoms with Crippen LogP contribution in [-0.2, 0) is 14.8 Å². The summed E-state index contributed by atoms with van der Waals surface area (Å²) in [6, 6.07) is 6.76. The van der Waals surface area contributed by atoms with Crippen LogP contribution in [-0.4, -0.2) is 49.7 Å². The Labute approximate surface area is 145 Å². The van der Waals surface area contributed by atoms with Crippen LogP contribution in [0.15, 0.2) is 57.9 Å². The average molecular weight is 399 g/mol. The van der Waals surface area contributed by atoms with E-state index >= 15 is 0 Å². The van der Waals surface area contributed by atoms with E-state index in [0.29, 0.717) is 30.7 Å². The van der Waals surface area contributed by atoms with Gasteiger partial charge in [-0.3, -0.25) is 4.79 Å². The number of nitrogens with zero attached hydrogens (tertiary/aromatic N) is 2. The van der Waals surface area contributed by atoms with Crippen LogP contribution in [0.5, 0.6) is 0 Å². The third-order valence-corrected chi connectivity index (χ3v) is 6.46. The monoisotopic (exact) mass is 398 g/mol. The van der Waals surface area contributed by atoms with Crippen molar-refractivity contribution in [3.05, 3.63) is 53.0 Å². The van der Waals surface area contributed by atoms with Gasteiger partial charge in [0.1, 0.15) is 0 Å². The maximum absolute atomic E-state index is 12.7. The Morgan fingerprint density at radius 2 is 1.78 bits per heavy atom. The van der Waals surface area contributed by atoms with Gasteiger partial charge in [0.05, 0.1) is 4.90 Å². The maximum atomic E-state index is 12.7. The second-order valence-corrected chi connectivity index (χ2v) is 7.81. The van der Waals surface area contributed by atoms with Gasteiger partial charge in [-0.25, -0.2) is 8.42 Å². The van der Waals surface area contributed by atoms with Gasteiger partial charge in [-0.2, -0.15) is 4.31 Å². The summed E-state index contributed by atoms with van der Waals surface area (Å²) in [5, 5.41) is 0. The SMILES string of the molecule is C/C=C/C=C/C(=O)N1CCN(S(=O)(=O)c2ccccc2Br)CC1. The van der Waals surface area contributed by atoms with E-state index in [1.165, 1.54) is 10.4 Å². The number of piperazine rings is 1. The molecule has 0 aliphatic carbocycles. The molecular weight excluding hydrogens is 380 g/mol. The Hall–Kier alpha value is -1.44. The third-order valence-electron chi connectivity index (χ3n) is 3.55. The summed E-state index contributed by atoms with van der Waals surface area (Å²) in [6.07, 6.45) is 6.81. The number of hydrogen-bond donors (Lipinski definition) is 0. The van der Waals surface area contributed by atoms with Crippen molar-refractivity contribution >= 4 is 31.9 Å². The minimum absolute atomic E-state index is 0.0963. The van der Waals surface area contributed by atoms with E-state index in [9.17, 15) is 13.2 Å². The standard InChI is InChI=1S/C16H19BrN2O3S/c1-2-3-4-9-16(20)18-10-12-19(13-11-18)23(21,22)15-8-6-5-7-14(15)17/h2-9H,10-13H2,1H3/b3-2+,9-4+. The highest BCUT2D eigenvalue weighted by Crippen LogP contribution is 2.25. The van der Waals surface area contributed by atoms with E-state index in [4.69, 9.17) is 0 Å². The lowest BCUT2D eigenvalue weighted by atomic mass is 10.3. The maximum Gasteiger partial charge on any atom is 0.246 e. The zero-order chi connectivity index (χ0) is 16.9. The summed E-state index contributed by atoms with van der Waals surface area (Å²) in [4.78, 5) is 13.9. The average Bonchev–Trinajstić information content (AvgIpc) is 2.55. The Kier molecular flexibility index (Phi) is 6.15. The lowest BCUT2D eigenvalue weighted by Gasteiger charge is -2.33. The Morgan fingerprint density at radius 3 is 2.39 bits per heavy atom. The zero-order valence-corrected chi connectivity index (χ0v) is 15.3. The predicted molar refractivity (Wildman–Crippen MR) is 93.4 cm³/mol. The van der Waals surface area contributed by atoms with E-state index in [-0.39, 0.29) is 10.8 Å². The van der Waals surface area contributed by atoms with Crippen molar-refractivity contribution in [3.63, 3.8) is 0 Å². The van der Waals surface area contributed by atoms with Crippen molar-refractivity contribution in [2.45, 2.75) is 11.8 Å². The minimum Gasteiger partial charge on any atom is -0.337 e. The quantitative estimate of drug-likeness (QED) is 0.577. The highest BCUT2D eigenvalue weighted by atomic mass is 79.9. The number of rotatable bonds is 4. The van der Waals surface area contributed by atoms with Gasteiger partial charge in [0.25, 0.3) is 0 Å². The van der Waals surface area contributed by atoms with E-state index < -0.39 is 10.0 Å². The summed E-state index contributed by atoms with van der Waals surface area (Å²) in [5.74, 6) is -0.0963. The fourth-order valence-corrected chi connectivity index (χ4v) is 4.68. The van der Waals surface area contributed by atoms with Crippen LogP contribution < -0.4 is 0 Å². The normalized spacial score (nSPS) is 17.2. The zero-order valence-electron chi connectivity index (χ0n) is 12.9. The van der Waals surface area contributed by atoms with Crippen LogP contribution in [0.4, 0.5) is 0 Å². The largest absolute Gasteiger partial charge is 0.337 e. The Bertz CT molecular complexity index is 721. The Morgan fingerprint density at radius 1 is 1.13 bits per heavy atom. The lowest BCUT2D eigenvalue weighted by molar-refractivity contribution is -0.127. The molecule has 1 aliphatic rings. The third kappa shape index (κ3) is 4.31. The van der Waals surface area contributed by atoms with Gasteiger partial charge in [0.2, 0.25) is 15.9 Å². The fourth-order valence-electron chi connectivity index (χ4n) is 2.30. The number of benzene rings is 1. The summed E-state index contributed by atoms with van der Waals surface area (Å²) in [7, 11) is -3.54. The molecule has 0 aromatic heterocycles. The molecule has 5 nitrogen and oxygen atoms in total. The molecule has 0 saturated carbocycles. The first-order valence-corrected chi connectivity index (χ1v) is 9.53. The van der Waals surface area contributed by atoms with Crippen LogP contribution in [0, 0.1) is 0 Å². The molecule has 0 spiro atoms. The second-order valence-electron chi connectivity index (χ2n) is 5.04. The van der Waals surface area contributed by atoms with Crippen molar-refractivity contribution in [2.24, 2.45) is 0 Å². The smallest absolute Gasteiger partial charge is 0.246 e. The minimum atomic E-state index is -3.54. The molecule has 1 saturated heterocycles. The number of carbonyl (C=O) groups is 1. The lowest BCUT2D eigenvalue weighted by Crippen LogP contribution is -2.50. The van der Waals surface area contributed by atoms with E-state index in [0.717, 1.165) is 0 Å². The van der Waals surface area contributed by atoms with Gasteiger partial charge in [0, 0.05) is 36.7 Å². The van der Waals surface area contributed by atoms with E-state index in [2.05, 4.69) is 15.9 Å². The van der Waals surface area contributed by atoms with Gasteiger partial charge in [-0.1, -0.05) is 30.4 Å². The molecule has 2 rings (SSSR count). The topological polar surface area (TPSA) is 57.7 Å². The van der Waals surface area contributed by atoms with Gasteiger partial charge in [-0.05, 0) is 35.0 Å². The summed E-state index contributed by atoms with van der Waals surface area (Å²) >= 11 is 3.28. The summed E-state index contributed by atoms with van der Waals surface area (Å²) in [6.45, 7) is 3.26. The summed E-state index contributed by atoms with van der Waals surface area (Å²) in [5.41, 5.74) is 0. The van der Waals surface area contributed by atoms with E-state index in [1.807, 2.05) is 13.0 Å². The van der Waals surface area contributed by atoms with Crippen molar-refractivity contribution in [2.75, 3.05) is 26.2 Å². The molecule has 124 valence electrons. The molecule has 7 heteroatoms. The van der Waals surface area contributed by atoms with Crippen molar-refractivity contribution in [1.29, 1.82) is 0 Å². The number of amides is 1. The molecule has 0 radical (unpaired) electrons. The number of hydrogen-bond acceptors (Lipinski definition) is 3. The number of carbonyl (C=O) groups excluding carboxylic acids is 1. The molecule has 1 aromatic rings. The molecule has 1 heterocycles. The highest BCUT2D eigenvalue weighted by molar-refractivity contribution is 9.10. The number of allylic oxidation sites excluding steroid dienone is 3. The highest BCUT2D eigenvalue weighted by Gasteiger charge is 2.30. The van der Waals surface area contributed by atoms with Crippen molar-refractivity contribution in [1.82, 2.24) is 9.21 Å². The molecule has 1 amide bonds. The second kappa shape index (κ2) is 7.90. The first kappa shape index (κ1) is 17.9. The van der Waals surface area contributed by atoms with Gasteiger partial charge < -0.3 is 4.90 Å². The molecule has 1 fully saturated rings. The number of halogens is 1. The molecule has 0 atom stereocenters. The van der Waals surface area contributed by atoms with Crippen LogP contribution in [0.25, 0.3) is 0 Å². The first-order valence-electron chi connectivity index (χ1n) is 7.30. The number of sulfonamides is 1. The molecule has 1 aromatic carbocycles. The van der Waals surface area contributed by atoms with Crippen molar-refractivity contribution in [3.8, 4) is 0 Å². The molecular formula is C16H19BrN2O3S. The van der Waals surface area contributed by atoms with Gasteiger partial charge in [-0.15, -0.1) is 0 Å². The molecule has 0 bridgehead atoms. The molecule has 1 aliphatic heterocycles. The molecule has 23 heavy (non-hydrogen) atoms. The van der Waals surface area contributed by atoms with Crippen molar-refractivity contribution < 1.29 is 13.2 Å². The van der Waals surface area contributed by atoms with Gasteiger partial charge >= 0.3 is 0 Å². The Balaban J connectivity index is 2.04. The fraction of sp³-hybridized carbons (Fsp3) is 0.312. The van der Waals surface area contributed by atoms with Crippen LogP contribution >= 0.6 is 15.9 Å². The first-order chi connectivity index (χ1) is 11.0. The van der Waals surface area contributed by atoms with Crippen LogP contribution in [0.2, 0.25) is 0 Å². The van der Waals surface area contributed by atoms with Gasteiger partial charge in [0.15, 0.2) is 0 Å². The predicted octanol–water partition coefficient (Wildman–Crippen LogP) is 2.41. The molecule has 0 unspecified atom stereocenters. The van der Waals surface area contributed by atoms with E-state index in [1.54, 1.807) is 41.3 Å². The van der Waals surface area contributed by atoms with Crippen LogP contribution in [0.3, 0.4) is 0 Å².